The molecule has 0 unspecified atom stereocenters. The molecule has 2 aromatic carbocycles. The molecule has 0 heterocycles. The van der Waals surface area contributed by atoms with Crippen LogP contribution in [0.4, 0.5) is 8.78 Å². The number of hydrogen-bond acceptors (Lipinski definition) is 2. The number of rotatable bonds is 5. The van der Waals surface area contributed by atoms with E-state index in [-0.39, 0.29) is 11.3 Å². The van der Waals surface area contributed by atoms with E-state index in [1.54, 1.807) is 24.3 Å². The Hall–Kier alpha value is -2.08. The van der Waals surface area contributed by atoms with Crippen LogP contribution in [0.5, 0.6) is 0 Å². The summed E-state index contributed by atoms with van der Waals surface area (Å²) in [5, 5.41) is 2.61. The fourth-order valence-corrected chi connectivity index (χ4v) is 2.80. The van der Waals surface area contributed by atoms with E-state index < -0.39 is 34.4 Å². The second kappa shape index (κ2) is 7.26. The molecule has 0 saturated carbocycles. The molecule has 2 aromatic rings. The molecular formula is C16H15F2NO2S. The Balaban J connectivity index is 2.25. The fourth-order valence-electron chi connectivity index (χ4n) is 2.06. The maximum Gasteiger partial charge on any atom is 0.254 e. The number of amides is 1. The van der Waals surface area contributed by atoms with Gasteiger partial charge in [0.15, 0.2) is 11.6 Å². The zero-order chi connectivity index (χ0) is 16.1. The fraction of sp³-hybridized carbons (Fsp3) is 0.188. The molecule has 0 aliphatic rings. The molecule has 1 N–H and O–H groups in total. The zero-order valence-corrected chi connectivity index (χ0v) is 12.7. The van der Waals surface area contributed by atoms with Gasteiger partial charge in [0.1, 0.15) is 0 Å². The Labute approximate surface area is 129 Å². The molecule has 0 spiro atoms. The highest BCUT2D eigenvalue weighted by Crippen LogP contribution is 2.17. The van der Waals surface area contributed by atoms with Gasteiger partial charge in [0, 0.05) is 22.8 Å². The summed E-state index contributed by atoms with van der Waals surface area (Å²) in [7, 11) is -1.16. The molecule has 0 aliphatic heterocycles. The Morgan fingerprint density at radius 3 is 2.45 bits per heavy atom. The highest BCUT2D eigenvalue weighted by atomic mass is 32.2. The minimum atomic E-state index is -1.19. The summed E-state index contributed by atoms with van der Waals surface area (Å²) in [5.74, 6) is -2.82. The van der Waals surface area contributed by atoms with Crippen LogP contribution in [0.25, 0.3) is 0 Å². The molecule has 0 bridgehead atoms. The van der Waals surface area contributed by atoms with Gasteiger partial charge in [-0.1, -0.05) is 36.4 Å². The van der Waals surface area contributed by atoms with Gasteiger partial charge in [-0.3, -0.25) is 9.00 Å². The lowest BCUT2D eigenvalue weighted by Gasteiger charge is -2.18. The number of nitrogens with one attached hydrogen (secondary N) is 1. The van der Waals surface area contributed by atoms with Crippen LogP contribution < -0.4 is 5.32 Å². The van der Waals surface area contributed by atoms with E-state index in [9.17, 15) is 17.8 Å². The third-order valence-corrected chi connectivity index (χ3v) is 3.91. The molecule has 0 aromatic heterocycles. The molecule has 2 atom stereocenters. The third-order valence-electron chi connectivity index (χ3n) is 3.10. The van der Waals surface area contributed by atoms with E-state index >= 15 is 0 Å². The van der Waals surface area contributed by atoms with E-state index in [0.717, 1.165) is 11.6 Å². The Morgan fingerprint density at radius 1 is 1.14 bits per heavy atom. The summed E-state index contributed by atoms with van der Waals surface area (Å²) < 4.78 is 38.4. The van der Waals surface area contributed by atoms with Crippen molar-refractivity contribution in [2.45, 2.75) is 6.04 Å². The van der Waals surface area contributed by atoms with Crippen molar-refractivity contribution >= 4 is 16.7 Å². The average molecular weight is 323 g/mol. The molecule has 1 amide bonds. The first kappa shape index (κ1) is 16.3. The first-order valence-electron chi connectivity index (χ1n) is 6.59. The van der Waals surface area contributed by atoms with Crippen molar-refractivity contribution < 1.29 is 17.8 Å². The van der Waals surface area contributed by atoms with Gasteiger partial charge in [0.25, 0.3) is 5.91 Å². The molecule has 3 nitrogen and oxygen atoms in total. The first-order valence-corrected chi connectivity index (χ1v) is 8.31. The van der Waals surface area contributed by atoms with Crippen LogP contribution in [-0.4, -0.2) is 22.1 Å². The summed E-state index contributed by atoms with van der Waals surface area (Å²) in [4.78, 5) is 12.2. The quantitative estimate of drug-likeness (QED) is 0.920. The number of benzene rings is 2. The molecular weight excluding hydrogens is 308 g/mol. The zero-order valence-electron chi connectivity index (χ0n) is 11.9. The average Bonchev–Trinajstić information content (AvgIpc) is 2.49. The minimum absolute atomic E-state index is 0.187. The van der Waals surface area contributed by atoms with Crippen LogP contribution in [0, 0.1) is 11.6 Å². The predicted molar refractivity (Wildman–Crippen MR) is 81.9 cm³/mol. The smallest absolute Gasteiger partial charge is 0.254 e. The number of halogens is 2. The first-order chi connectivity index (χ1) is 10.5. The van der Waals surface area contributed by atoms with E-state index in [0.29, 0.717) is 0 Å². The summed E-state index contributed by atoms with van der Waals surface area (Å²) in [6, 6.07) is 11.8. The van der Waals surface area contributed by atoms with Crippen molar-refractivity contribution in [1.82, 2.24) is 5.32 Å². The summed E-state index contributed by atoms with van der Waals surface area (Å²) >= 11 is 0. The normalized spacial score (nSPS) is 13.4. The van der Waals surface area contributed by atoms with Crippen LogP contribution in [0.15, 0.2) is 48.5 Å². The van der Waals surface area contributed by atoms with Crippen LogP contribution >= 0.6 is 0 Å². The monoisotopic (exact) mass is 323 g/mol. The second-order valence-corrected chi connectivity index (χ2v) is 6.26. The molecule has 0 aliphatic carbocycles. The van der Waals surface area contributed by atoms with Crippen molar-refractivity contribution in [2.75, 3.05) is 12.0 Å². The van der Waals surface area contributed by atoms with Crippen LogP contribution in [-0.2, 0) is 10.8 Å². The highest BCUT2D eigenvalue weighted by Gasteiger charge is 2.20. The summed E-state index contributed by atoms with van der Waals surface area (Å²) in [6.07, 6.45) is 1.52. The third kappa shape index (κ3) is 3.98. The Bertz CT molecular complexity index is 692. The van der Waals surface area contributed by atoms with Gasteiger partial charge in [0.05, 0.1) is 11.6 Å². The van der Waals surface area contributed by atoms with Crippen LogP contribution in [0.1, 0.15) is 22.0 Å². The Kier molecular flexibility index (Phi) is 5.38. The molecule has 6 heteroatoms. The van der Waals surface area contributed by atoms with Gasteiger partial charge in [-0.15, -0.1) is 0 Å². The molecule has 0 saturated heterocycles. The molecule has 116 valence electrons. The van der Waals surface area contributed by atoms with Gasteiger partial charge in [-0.05, 0) is 17.7 Å². The van der Waals surface area contributed by atoms with Gasteiger partial charge < -0.3 is 5.32 Å². The van der Waals surface area contributed by atoms with Crippen molar-refractivity contribution in [3.05, 3.63) is 71.3 Å². The van der Waals surface area contributed by atoms with Gasteiger partial charge in [-0.25, -0.2) is 8.78 Å². The summed E-state index contributed by atoms with van der Waals surface area (Å²) in [6.45, 7) is 0. The van der Waals surface area contributed by atoms with Crippen LogP contribution in [0.2, 0.25) is 0 Å². The van der Waals surface area contributed by atoms with Crippen molar-refractivity contribution in [2.24, 2.45) is 0 Å². The minimum Gasteiger partial charge on any atom is -0.344 e. The van der Waals surface area contributed by atoms with E-state index in [1.807, 2.05) is 6.07 Å². The maximum absolute atomic E-state index is 13.7. The predicted octanol–water partition coefficient (Wildman–Crippen LogP) is 2.81. The lowest BCUT2D eigenvalue weighted by Crippen LogP contribution is -2.32. The largest absolute Gasteiger partial charge is 0.344 e. The van der Waals surface area contributed by atoms with Crippen molar-refractivity contribution in [1.29, 1.82) is 0 Å². The molecule has 2 rings (SSSR count). The Morgan fingerprint density at radius 2 is 1.82 bits per heavy atom. The molecule has 0 fully saturated rings. The van der Waals surface area contributed by atoms with Crippen LogP contribution in [0.3, 0.4) is 0 Å². The topological polar surface area (TPSA) is 46.2 Å². The van der Waals surface area contributed by atoms with Crippen molar-refractivity contribution in [3.63, 3.8) is 0 Å². The SMILES string of the molecule is C[S@@](=O)C[C@H](NC(=O)c1cccc(F)c1F)c1ccccc1. The van der Waals surface area contributed by atoms with Gasteiger partial charge in [0.2, 0.25) is 0 Å². The van der Waals surface area contributed by atoms with Gasteiger partial charge >= 0.3 is 0 Å². The number of carbonyl (C=O) groups is 1. The van der Waals surface area contributed by atoms with Gasteiger partial charge in [-0.2, -0.15) is 0 Å². The second-order valence-electron chi connectivity index (χ2n) is 4.78. The standard InChI is InChI=1S/C16H15F2NO2S/c1-22(21)10-14(11-6-3-2-4-7-11)19-16(20)12-8-5-9-13(17)15(12)18/h2-9,14H,10H2,1H3,(H,19,20)/t14-,22+/m0/s1. The van der Waals surface area contributed by atoms with E-state index in [4.69, 9.17) is 0 Å². The number of hydrogen-bond donors (Lipinski definition) is 1. The van der Waals surface area contributed by atoms with Crippen molar-refractivity contribution in [3.8, 4) is 0 Å². The highest BCUT2D eigenvalue weighted by molar-refractivity contribution is 7.84. The number of carbonyl (C=O) groups excluding carboxylic acids is 1. The lowest BCUT2D eigenvalue weighted by atomic mass is 10.1. The maximum atomic E-state index is 13.7. The lowest BCUT2D eigenvalue weighted by molar-refractivity contribution is 0.0935. The van der Waals surface area contributed by atoms with E-state index in [1.165, 1.54) is 18.4 Å². The van der Waals surface area contributed by atoms with E-state index in [2.05, 4.69) is 5.32 Å². The molecule has 22 heavy (non-hydrogen) atoms. The summed E-state index contributed by atoms with van der Waals surface area (Å²) in [5.41, 5.74) is 0.380. The molecule has 0 radical (unpaired) electrons.